The van der Waals surface area contributed by atoms with Crippen LogP contribution in [0, 0.1) is 11.3 Å². The van der Waals surface area contributed by atoms with Crippen molar-refractivity contribution < 1.29 is 14.6 Å². The molecule has 1 aliphatic carbocycles. The lowest BCUT2D eigenvalue weighted by atomic mass is 9.78. The topological polar surface area (TPSA) is 49.8 Å². The molecule has 1 amide bonds. The standard InChI is InChI=1S/C13H23NO3/c1-12(2,3)17-11(16)14-8-13(9-14)5-4-10(6-13)7-15/h10,15H,4-9H2,1-3H3. The van der Waals surface area contributed by atoms with Gasteiger partial charge in [-0.25, -0.2) is 4.79 Å². The lowest BCUT2D eigenvalue weighted by Crippen LogP contribution is -2.58. The van der Waals surface area contributed by atoms with E-state index in [4.69, 9.17) is 9.84 Å². The van der Waals surface area contributed by atoms with Crippen molar-refractivity contribution in [1.82, 2.24) is 4.90 Å². The zero-order valence-corrected chi connectivity index (χ0v) is 11.0. The molecular weight excluding hydrogens is 218 g/mol. The highest BCUT2D eigenvalue weighted by molar-refractivity contribution is 5.69. The van der Waals surface area contributed by atoms with E-state index >= 15 is 0 Å². The Hall–Kier alpha value is -0.770. The van der Waals surface area contributed by atoms with Crippen molar-refractivity contribution in [3.63, 3.8) is 0 Å². The van der Waals surface area contributed by atoms with Gasteiger partial charge in [-0.3, -0.25) is 0 Å². The molecule has 0 aromatic heterocycles. The summed E-state index contributed by atoms with van der Waals surface area (Å²) in [5, 5.41) is 9.14. The van der Waals surface area contributed by atoms with Crippen molar-refractivity contribution >= 4 is 6.09 Å². The van der Waals surface area contributed by atoms with E-state index in [-0.39, 0.29) is 18.1 Å². The zero-order valence-electron chi connectivity index (χ0n) is 11.0. The summed E-state index contributed by atoms with van der Waals surface area (Å²) < 4.78 is 5.34. The van der Waals surface area contributed by atoms with Crippen LogP contribution in [0.1, 0.15) is 40.0 Å². The normalized spacial score (nSPS) is 27.1. The molecule has 1 aliphatic heterocycles. The van der Waals surface area contributed by atoms with Gasteiger partial charge in [0.1, 0.15) is 5.60 Å². The molecule has 4 nitrogen and oxygen atoms in total. The summed E-state index contributed by atoms with van der Waals surface area (Å²) in [6.45, 7) is 7.55. The van der Waals surface area contributed by atoms with Crippen molar-refractivity contribution in [3.05, 3.63) is 0 Å². The molecule has 0 aromatic rings. The second-order valence-electron chi connectivity index (χ2n) is 6.63. The monoisotopic (exact) mass is 241 g/mol. The van der Waals surface area contributed by atoms with Gasteiger partial charge in [0.25, 0.3) is 0 Å². The second-order valence-corrected chi connectivity index (χ2v) is 6.63. The first kappa shape index (κ1) is 12.7. The van der Waals surface area contributed by atoms with Crippen LogP contribution in [0.3, 0.4) is 0 Å². The highest BCUT2D eigenvalue weighted by Gasteiger charge is 2.50. The molecule has 0 aromatic carbocycles. The molecule has 1 spiro atoms. The molecule has 2 rings (SSSR count). The first-order valence-electron chi connectivity index (χ1n) is 6.42. The summed E-state index contributed by atoms with van der Waals surface area (Å²) in [5.74, 6) is 0.441. The number of aliphatic hydroxyl groups excluding tert-OH is 1. The Morgan fingerprint density at radius 3 is 2.59 bits per heavy atom. The molecule has 1 atom stereocenters. The maximum atomic E-state index is 11.8. The number of amides is 1. The minimum Gasteiger partial charge on any atom is -0.444 e. The molecular formula is C13H23NO3. The average molecular weight is 241 g/mol. The zero-order chi connectivity index (χ0) is 12.7. The van der Waals surface area contributed by atoms with Gasteiger partial charge in [0.15, 0.2) is 0 Å². The Kier molecular flexibility index (Phi) is 3.10. The van der Waals surface area contributed by atoms with Crippen LogP contribution in [0.15, 0.2) is 0 Å². The Morgan fingerprint density at radius 1 is 1.47 bits per heavy atom. The molecule has 1 heterocycles. The molecule has 1 unspecified atom stereocenters. The van der Waals surface area contributed by atoms with Crippen LogP contribution < -0.4 is 0 Å². The van der Waals surface area contributed by atoms with Crippen molar-refractivity contribution in [2.24, 2.45) is 11.3 Å². The summed E-state index contributed by atoms with van der Waals surface area (Å²) in [6, 6.07) is 0. The average Bonchev–Trinajstić information content (AvgIpc) is 2.56. The lowest BCUT2D eigenvalue weighted by Gasteiger charge is -2.48. The van der Waals surface area contributed by atoms with Gasteiger partial charge in [0.2, 0.25) is 0 Å². The quantitative estimate of drug-likeness (QED) is 0.764. The van der Waals surface area contributed by atoms with Gasteiger partial charge in [-0.05, 0) is 46.0 Å². The molecule has 98 valence electrons. The largest absolute Gasteiger partial charge is 0.444 e. The third-order valence-corrected chi connectivity index (χ3v) is 3.77. The highest BCUT2D eigenvalue weighted by atomic mass is 16.6. The summed E-state index contributed by atoms with van der Waals surface area (Å²) in [7, 11) is 0. The molecule has 1 saturated heterocycles. The number of hydrogen-bond donors (Lipinski definition) is 1. The van der Waals surface area contributed by atoms with Crippen LogP contribution in [0.25, 0.3) is 0 Å². The number of aliphatic hydroxyl groups is 1. The molecule has 1 N–H and O–H groups in total. The van der Waals surface area contributed by atoms with Gasteiger partial charge < -0.3 is 14.7 Å². The van der Waals surface area contributed by atoms with Crippen molar-refractivity contribution in [1.29, 1.82) is 0 Å². The van der Waals surface area contributed by atoms with Gasteiger partial charge in [-0.15, -0.1) is 0 Å². The fourth-order valence-corrected chi connectivity index (χ4v) is 2.99. The van der Waals surface area contributed by atoms with E-state index in [9.17, 15) is 4.79 Å². The van der Waals surface area contributed by atoms with Crippen LogP contribution in [0.5, 0.6) is 0 Å². The Bertz CT molecular complexity index is 302. The van der Waals surface area contributed by atoms with E-state index < -0.39 is 5.60 Å². The minimum atomic E-state index is -0.414. The first-order chi connectivity index (χ1) is 7.84. The minimum absolute atomic E-state index is 0.199. The fourth-order valence-electron chi connectivity index (χ4n) is 2.99. The van der Waals surface area contributed by atoms with E-state index in [1.807, 2.05) is 20.8 Å². The Morgan fingerprint density at radius 2 is 2.12 bits per heavy atom. The number of carbonyl (C=O) groups is 1. The molecule has 1 saturated carbocycles. The van der Waals surface area contributed by atoms with Crippen LogP contribution in [0.4, 0.5) is 4.79 Å². The van der Waals surface area contributed by atoms with E-state index in [0.717, 1.165) is 32.4 Å². The summed E-state index contributed by atoms with van der Waals surface area (Å²) in [4.78, 5) is 13.6. The van der Waals surface area contributed by atoms with Crippen LogP contribution >= 0.6 is 0 Å². The molecule has 2 fully saturated rings. The SMILES string of the molecule is CC(C)(C)OC(=O)N1CC2(CCC(CO)C2)C1. The van der Waals surface area contributed by atoms with E-state index in [1.54, 1.807) is 4.90 Å². The molecule has 4 heteroatoms. The van der Waals surface area contributed by atoms with Crippen LogP contribution in [-0.4, -0.2) is 41.4 Å². The predicted octanol–water partition coefficient (Wildman–Crippen LogP) is 2.02. The molecule has 2 aliphatic rings. The van der Waals surface area contributed by atoms with E-state index in [2.05, 4.69) is 0 Å². The second kappa shape index (κ2) is 4.16. The van der Waals surface area contributed by atoms with Crippen LogP contribution in [-0.2, 0) is 4.74 Å². The highest BCUT2D eigenvalue weighted by Crippen LogP contribution is 2.48. The number of ether oxygens (including phenoxy) is 1. The maximum absolute atomic E-state index is 11.8. The molecule has 0 bridgehead atoms. The number of carbonyl (C=O) groups excluding carboxylic acids is 1. The Labute approximate surface area is 103 Å². The smallest absolute Gasteiger partial charge is 0.410 e. The third kappa shape index (κ3) is 2.73. The van der Waals surface area contributed by atoms with Crippen molar-refractivity contribution in [2.75, 3.05) is 19.7 Å². The summed E-state index contributed by atoms with van der Waals surface area (Å²) >= 11 is 0. The maximum Gasteiger partial charge on any atom is 0.410 e. The van der Waals surface area contributed by atoms with Crippen molar-refractivity contribution in [2.45, 2.75) is 45.6 Å². The van der Waals surface area contributed by atoms with E-state index in [0.29, 0.717) is 5.92 Å². The van der Waals surface area contributed by atoms with Crippen LogP contribution in [0.2, 0.25) is 0 Å². The summed E-state index contributed by atoms with van der Waals surface area (Å²) in [5.41, 5.74) is -0.132. The summed E-state index contributed by atoms with van der Waals surface area (Å²) in [6.07, 6.45) is 3.09. The lowest BCUT2D eigenvalue weighted by molar-refractivity contribution is -0.0339. The van der Waals surface area contributed by atoms with E-state index in [1.165, 1.54) is 0 Å². The molecule has 0 radical (unpaired) electrons. The number of rotatable bonds is 1. The van der Waals surface area contributed by atoms with Gasteiger partial charge in [0.05, 0.1) is 0 Å². The number of nitrogens with zero attached hydrogens (tertiary/aromatic N) is 1. The molecule has 17 heavy (non-hydrogen) atoms. The van der Waals surface area contributed by atoms with Crippen molar-refractivity contribution in [3.8, 4) is 0 Å². The fraction of sp³-hybridized carbons (Fsp3) is 0.923. The predicted molar refractivity (Wildman–Crippen MR) is 64.7 cm³/mol. The van der Waals surface area contributed by atoms with Gasteiger partial charge >= 0.3 is 6.09 Å². The number of hydrogen-bond acceptors (Lipinski definition) is 3. The van der Waals surface area contributed by atoms with Gasteiger partial charge in [0, 0.05) is 25.1 Å². The van der Waals surface area contributed by atoms with Gasteiger partial charge in [-0.1, -0.05) is 0 Å². The Balaban J connectivity index is 1.81. The third-order valence-electron chi connectivity index (χ3n) is 3.77. The van der Waals surface area contributed by atoms with Gasteiger partial charge in [-0.2, -0.15) is 0 Å². The first-order valence-corrected chi connectivity index (χ1v) is 6.42. The number of likely N-dealkylation sites (tertiary alicyclic amines) is 1.